The summed E-state index contributed by atoms with van der Waals surface area (Å²) in [5, 5.41) is 3.03. The van der Waals surface area contributed by atoms with E-state index in [1.54, 1.807) is 4.90 Å². The first-order chi connectivity index (χ1) is 12.5. The summed E-state index contributed by atoms with van der Waals surface area (Å²) in [4.78, 5) is 39.6. The lowest BCUT2D eigenvalue weighted by Crippen LogP contribution is -2.51. The normalized spacial score (nSPS) is 14.2. The van der Waals surface area contributed by atoms with E-state index in [2.05, 4.69) is 10.2 Å². The van der Waals surface area contributed by atoms with Crippen molar-refractivity contribution in [3.63, 3.8) is 0 Å². The molecule has 0 bridgehead atoms. The number of hydrogen-bond donors (Lipinski definition) is 1. The molecular weight excluding hydrogens is 358 g/mol. The number of anilines is 1. The zero-order chi connectivity index (χ0) is 18.5. The van der Waals surface area contributed by atoms with Crippen LogP contribution in [0.1, 0.15) is 10.6 Å². The number of hydrogen-bond acceptors (Lipinski definition) is 5. The first-order valence-corrected chi connectivity index (χ1v) is 8.57. The molecule has 3 rings (SSSR count). The molecule has 1 aliphatic rings. The van der Waals surface area contributed by atoms with Crippen LogP contribution in [0.2, 0.25) is 5.02 Å². The highest BCUT2D eigenvalue weighted by Crippen LogP contribution is 2.19. The molecule has 1 saturated heterocycles. The number of halogens is 1. The molecule has 0 aliphatic carbocycles. The predicted molar refractivity (Wildman–Crippen MR) is 96.3 cm³/mol. The lowest BCUT2D eigenvalue weighted by Gasteiger charge is -2.36. The maximum absolute atomic E-state index is 12.2. The third-order valence-electron chi connectivity index (χ3n) is 4.18. The molecule has 2 heterocycles. The maximum atomic E-state index is 12.2. The van der Waals surface area contributed by atoms with E-state index in [1.165, 1.54) is 18.4 Å². The second-order valence-electron chi connectivity index (χ2n) is 5.83. The Kier molecular flexibility index (Phi) is 5.58. The van der Waals surface area contributed by atoms with Crippen LogP contribution >= 0.6 is 11.6 Å². The van der Waals surface area contributed by atoms with E-state index >= 15 is 0 Å². The Labute approximate surface area is 155 Å². The number of ketones is 1. The van der Waals surface area contributed by atoms with Crippen LogP contribution in [0.3, 0.4) is 0 Å². The number of nitrogens with zero attached hydrogens (tertiary/aromatic N) is 2. The van der Waals surface area contributed by atoms with Gasteiger partial charge in [0.15, 0.2) is 5.76 Å². The van der Waals surface area contributed by atoms with Crippen LogP contribution in [-0.4, -0.2) is 55.2 Å². The Bertz CT molecular complexity index is 781. The number of amides is 2. The Morgan fingerprint density at radius 1 is 1.04 bits per heavy atom. The molecule has 2 aromatic rings. The molecule has 1 aliphatic heterocycles. The Hall–Kier alpha value is -2.80. The molecule has 1 fully saturated rings. The minimum atomic E-state index is -0.854. The zero-order valence-corrected chi connectivity index (χ0v) is 14.7. The van der Waals surface area contributed by atoms with Crippen molar-refractivity contribution in [3.8, 4) is 0 Å². The molecule has 0 atom stereocenters. The maximum Gasteiger partial charge on any atom is 0.296 e. The molecule has 2 amide bonds. The molecule has 1 aromatic carbocycles. The standard InChI is InChI=1S/C18H18ClN3O4/c19-13-3-5-14(6-4-13)21-7-9-22(10-8-21)16(23)12-20-18(25)17(24)15-2-1-11-26-15/h1-6,11H,7-10,12H2,(H,20,25). The monoisotopic (exact) mass is 375 g/mol. The van der Waals surface area contributed by atoms with E-state index in [-0.39, 0.29) is 18.2 Å². The molecule has 1 N–H and O–H groups in total. The molecule has 0 unspecified atom stereocenters. The molecule has 0 radical (unpaired) electrons. The van der Waals surface area contributed by atoms with Gasteiger partial charge < -0.3 is 19.5 Å². The third-order valence-corrected chi connectivity index (χ3v) is 4.43. The first-order valence-electron chi connectivity index (χ1n) is 8.19. The number of benzene rings is 1. The molecule has 8 heteroatoms. The van der Waals surface area contributed by atoms with E-state index in [0.29, 0.717) is 31.2 Å². The lowest BCUT2D eigenvalue weighted by molar-refractivity contribution is -0.132. The van der Waals surface area contributed by atoms with Crippen molar-refractivity contribution in [1.82, 2.24) is 10.2 Å². The van der Waals surface area contributed by atoms with Gasteiger partial charge in [0.2, 0.25) is 5.91 Å². The number of carbonyl (C=O) groups is 3. The van der Waals surface area contributed by atoms with E-state index in [4.69, 9.17) is 16.0 Å². The number of piperazine rings is 1. The summed E-state index contributed by atoms with van der Waals surface area (Å²) in [6, 6.07) is 10.5. The summed E-state index contributed by atoms with van der Waals surface area (Å²) >= 11 is 5.89. The SMILES string of the molecule is O=C(NCC(=O)N1CCN(c2ccc(Cl)cc2)CC1)C(=O)c1ccco1. The minimum absolute atomic E-state index is 0.0495. The van der Waals surface area contributed by atoms with Gasteiger partial charge in [0.05, 0.1) is 12.8 Å². The second-order valence-corrected chi connectivity index (χ2v) is 6.27. The van der Waals surface area contributed by atoms with Gasteiger partial charge >= 0.3 is 0 Å². The van der Waals surface area contributed by atoms with E-state index in [1.807, 2.05) is 24.3 Å². The van der Waals surface area contributed by atoms with Crippen molar-refractivity contribution in [3.05, 3.63) is 53.4 Å². The average molecular weight is 376 g/mol. The Balaban J connectivity index is 1.45. The molecule has 0 spiro atoms. The third kappa shape index (κ3) is 4.23. The first kappa shape index (κ1) is 18.0. The number of Topliss-reactive ketones (excluding diaryl/α,β-unsaturated/α-hetero) is 1. The summed E-state index contributed by atoms with van der Waals surface area (Å²) < 4.78 is 4.88. The van der Waals surface area contributed by atoms with Crippen molar-refractivity contribution in [2.24, 2.45) is 0 Å². The van der Waals surface area contributed by atoms with Crippen molar-refractivity contribution in [2.45, 2.75) is 0 Å². The van der Waals surface area contributed by atoms with E-state index in [9.17, 15) is 14.4 Å². The van der Waals surface area contributed by atoms with Gasteiger partial charge in [-0.15, -0.1) is 0 Å². The summed E-state index contributed by atoms with van der Waals surface area (Å²) in [5.74, 6) is -1.92. The van der Waals surface area contributed by atoms with Crippen LogP contribution in [0.4, 0.5) is 5.69 Å². The van der Waals surface area contributed by atoms with Crippen LogP contribution in [0.15, 0.2) is 47.1 Å². The van der Waals surface area contributed by atoms with Gasteiger partial charge in [-0.3, -0.25) is 14.4 Å². The number of carbonyl (C=O) groups excluding carboxylic acids is 3. The van der Waals surface area contributed by atoms with Gasteiger partial charge in [-0.1, -0.05) is 11.6 Å². The Morgan fingerprint density at radius 3 is 2.35 bits per heavy atom. The molecule has 136 valence electrons. The quantitative estimate of drug-likeness (QED) is 0.633. The second kappa shape index (κ2) is 8.05. The van der Waals surface area contributed by atoms with Gasteiger partial charge in [0.25, 0.3) is 11.7 Å². The van der Waals surface area contributed by atoms with Crippen LogP contribution in [0.25, 0.3) is 0 Å². The van der Waals surface area contributed by atoms with E-state index < -0.39 is 11.7 Å². The summed E-state index contributed by atoms with van der Waals surface area (Å²) in [7, 11) is 0. The van der Waals surface area contributed by atoms with Crippen molar-refractivity contribution < 1.29 is 18.8 Å². The van der Waals surface area contributed by atoms with Crippen LogP contribution in [-0.2, 0) is 9.59 Å². The van der Waals surface area contributed by atoms with Crippen molar-refractivity contribution in [2.75, 3.05) is 37.6 Å². The largest absolute Gasteiger partial charge is 0.461 e. The number of rotatable bonds is 5. The van der Waals surface area contributed by atoms with E-state index in [0.717, 1.165) is 5.69 Å². The highest BCUT2D eigenvalue weighted by Gasteiger charge is 2.23. The smallest absolute Gasteiger partial charge is 0.296 e. The highest BCUT2D eigenvalue weighted by atomic mass is 35.5. The average Bonchev–Trinajstić information content (AvgIpc) is 3.20. The fraction of sp³-hybridized carbons (Fsp3) is 0.278. The van der Waals surface area contributed by atoms with Crippen molar-refractivity contribution in [1.29, 1.82) is 0 Å². The zero-order valence-electron chi connectivity index (χ0n) is 14.0. The van der Waals surface area contributed by atoms with Gasteiger partial charge in [-0.2, -0.15) is 0 Å². The van der Waals surface area contributed by atoms with Gasteiger partial charge in [0.1, 0.15) is 0 Å². The minimum Gasteiger partial charge on any atom is -0.461 e. The van der Waals surface area contributed by atoms with Gasteiger partial charge in [-0.05, 0) is 36.4 Å². The fourth-order valence-corrected chi connectivity index (χ4v) is 2.86. The highest BCUT2D eigenvalue weighted by molar-refractivity contribution is 6.42. The molecule has 26 heavy (non-hydrogen) atoms. The molecular formula is C18H18ClN3O4. The van der Waals surface area contributed by atoms with Crippen LogP contribution in [0.5, 0.6) is 0 Å². The van der Waals surface area contributed by atoms with Crippen LogP contribution in [0, 0.1) is 0 Å². The summed E-state index contributed by atoms with van der Waals surface area (Å²) in [6.07, 6.45) is 1.31. The number of nitrogens with one attached hydrogen (secondary N) is 1. The topological polar surface area (TPSA) is 82.9 Å². The Morgan fingerprint density at radius 2 is 1.73 bits per heavy atom. The predicted octanol–water partition coefficient (Wildman–Crippen LogP) is 1.58. The molecule has 1 aromatic heterocycles. The fourth-order valence-electron chi connectivity index (χ4n) is 2.73. The molecule has 0 saturated carbocycles. The summed E-state index contributed by atoms with van der Waals surface area (Å²) in [6.45, 7) is 2.25. The molecule has 7 nitrogen and oxygen atoms in total. The lowest BCUT2D eigenvalue weighted by atomic mass is 10.2. The number of furan rings is 1. The summed E-state index contributed by atoms with van der Waals surface area (Å²) in [5.41, 5.74) is 1.05. The van der Waals surface area contributed by atoms with Crippen molar-refractivity contribution >= 4 is 34.9 Å². The van der Waals surface area contributed by atoms with Crippen LogP contribution < -0.4 is 10.2 Å². The van der Waals surface area contributed by atoms with Gasteiger partial charge in [-0.25, -0.2) is 0 Å². The van der Waals surface area contributed by atoms with Gasteiger partial charge in [0, 0.05) is 36.9 Å².